The molecular formula is C17H21NO3. The van der Waals surface area contributed by atoms with E-state index in [4.69, 9.17) is 9.47 Å². The molecule has 1 aromatic carbocycles. The fourth-order valence-corrected chi connectivity index (χ4v) is 2.13. The average Bonchev–Trinajstić information content (AvgIpc) is 2.87. The maximum Gasteiger partial charge on any atom is 0.335 e. The van der Waals surface area contributed by atoms with Crippen molar-refractivity contribution in [1.82, 2.24) is 4.57 Å². The molecule has 0 spiro atoms. The molecule has 0 atom stereocenters. The fraction of sp³-hybridized carbons (Fsp3) is 0.353. The first kappa shape index (κ1) is 15.2. The maximum absolute atomic E-state index is 11.6. The molecule has 0 radical (unpaired) electrons. The van der Waals surface area contributed by atoms with E-state index in [0.717, 1.165) is 23.1 Å². The van der Waals surface area contributed by atoms with Gasteiger partial charge in [0.15, 0.2) is 0 Å². The predicted octanol–water partition coefficient (Wildman–Crippen LogP) is 3.55. The highest BCUT2D eigenvalue weighted by molar-refractivity contribution is 5.88. The second kappa shape index (κ2) is 6.97. The van der Waals surface area contributed by atoms with Crippen LogP contribution in [0.1, 0.15) is 20.3 Å². The smallest absolute Gasteiger partial charge is 0.335 e. The van der Waals surface area contributed by atoms with Gasteiger partial charge in [0.05, 0.1) is 19.8 Å². The first-order chi connectivity index (χ1) is 10.2. The van der Waals surface area contributed by atoms with Crippen molar-refractivity contribution in [2.75, 3.05) is 13.2 Å². The van der Waals surface area contributed by atoms with E-state index in [0.29, 0.717) is 25.3 Å². The van der Waals surface area contributed by atoms with Crippen LogP contribution in [0.3, 0.4) is 0 Å². The van der Waals surface area contributed by atoms with E-state index in [1.807, 2.05) is 35.0 Å². The Balaban J connectivity index is 2.15. The van der Waals surface area contributed by atoms with E-state index in [1.165, 1.54) is 0 Å². The predicted molar refractivity (Wildman–Crippen MR) is 83.5 cm³/mol. The molecule has 21 heavy (non-hydrogen) atoms. The Morgan fingerprint density at radius 1 is 1.29 bits per heavy atom. The molecule has 0 aliphatic rings. The molecule has 0 unspecified atom stereocenters. The van der Waals surface area contributed by atoms with Crippen LogP contribution in [0.25, 0.3) is 10.9 Å². The van der Waals surface area contributed by atoms with Gasteiger partial charge in [-0.3, -0.25) is 0 Å². The normalized spacial score (nSPS) is 10.6. The highest BCUT2D eigenvalue weighted by Gasteiger charge is 2.10. The summed E-state index contributed by atoms with van der Waals surface area (Å²) in [5, 5.41) is 1.08. The summed E-state index contributed by atoms with van der Waals surface area (Å²) in [6.07, 6.45) is 2.93. The Labute approximate surface area is 125 Å². The van der Waals surface area contributed by atoms with Crippen LogP contribution in [0, 0.1) is 0 Å². The van der Waals surface area contributed by atoms with Crippen molar-refractivity contribution in [3.63, 3.8) is 0 Å². The highest BCUT2D eigenvalue weighted by atomic mass is 16.5. The number of nitrogens with zero attached hydrogens (tertiary/aromatic N) is 1. The molecule has 0 bridgehead atoms. The van der Waals surface area contributed by atoms with Crippen LogP contribution < -0.4 is 4.74 Å². The van der Waals surface area contributed by atoms with E-state index in [1.54, 1.807) is 6.92 Å². The summed E-state index contributed by atoms with van der Waals surface area (Å²) < 4.78 is 12.6. The molecule has 0 aliphatic carbocycles. The van der Waals surface area contributed by atoms with Crippen molar-refractivity contribution in [1.29, 1.82) is 0 Å². The number of esters is 1. The molecule has 2 rings (SSSR count). The lowest BCUT2D eigenvalue weighted by atomic mass is 10.2. The minimum Gasteiger partial charge on any atom is -0.494 e. The molecule has 112 valence electrons. The topological polar surface area (TPSA) is 40.5 Å². The van der Waals surface area contributed by atoms with Crippen LogP contribution in [-0.4, -0.2) is 23.8 Å². The molecule has 4 heteroatoms. The third-order valence-corrected chi connectivity index (χ3v) is 3.14. The van der Waals surface area contributed by atoms with E-state index in [9.17, 15) is 4.79 Å². The second-order valence-electron chi connectivity index (χ2n) is 4.84. The summed E-state index contributed by atoms with van der Waals surface area (Å²) in [6, 6.07) is 7.96. The number of hydrogen-bond acceptors (Lipinski definition) is 3. The van der Waals surface area contributed by atoms with Gasteiger partial charge in [0.2, 0.25) is 0 Å². The third kappa shape index (κ3) is 3.66. The summed E-state index contributed by atoms with van der Waals surface area (Å²) in [4.78, 5) is 11.6. The maximum atomic E-state index is 11.6. The van der Waals surface area contributed by atoms with Gasteiger partial charge in [-0.25, -0.2) is 4.79 Å². The monoisotopic (exact) mass is 287 g/mol. The lowest BCUT2D eigenvalue weighted by Crippen LogP contribution is -2.11. The molecule has 4 nitrogen and oxygen atoms in total. The molecule has 2 aromatic rings. The Bertz CT molecular complexity index is 643. The summed E-state index contributed by atoms with van der Waals surface area (Å²) in [6.45, 7) is 9.16. The van der Waals surface area contributed by atoms with Crippen LogP contribution in [0.2, 0.25) is 0 Å². The largest absolute Gasteiger partial charge is 0.494 e. The lowest BCUT2D eigenvalue weighted by molar-refractivity contribution is -0.138. The van der Waals surface area contributed by atoms with Crippen molar-refractivity contribution >= 4 is 16.9 Å². The van der Waals surface area contributed by atoms with Gasteiger partial charge in [-0.1, -0.05) is 13.5 Å². The van der Waals surface area contributed by atoms with Crippen LogP contribution >= 0.6 is 0 Å². The summed E-state index contributed by atoms with van der Waals surface area (Å²) in [5.41, 5.74) is 1.49. The third-order valence-electron chi connectivity index (χ3n) is 3.14. The summed E-state index contributed by atoms with van der Waals surface area (Å²) >= 11 is 0. The number of rotatable bonds is 7. The minimum atomic E-state index is -0.345. The van der Waals surface area contributed by atoms with E-state index >= 15 is 0 Å². The van der Waals surface area contributed by atoms with Crippen LogP contribution in [-0.2, 0) is 16.1 Å². The molecule has 0 fully saturated rings. The number of aromatic nitrogens is 1. The molecule has 0 saturated carbocycles. The van der Waals surface area contributed by atoms with Gasteiger partial charge in [0.25, 0.3) is 0 Å². The number of fused-ring (bicyclic) bond motifs is 1. The van der Waals surface area contributed by atoms with Crippen molar-refractivity contribution in [2.24, 2.45) is 0 Å². The first-order valence-electron chi connectivity index (χ1n) is 7.22. The summed E-state index contributed by atoms with van der Waals surface area (Å²) in [5.74, 6) is 0.522. The molecule has 0 amide bonds. The van der Waals surface area contributed by atoms with Gasteiger partial charge >= 0.3 is 5.97 Å². The van der Waals surface area contributed by atoms with Crippen LogP contribution in [0.15, 0.2) is 42.6 Å². The number of hydrogen-bond donors (Lipinski definition) is 0. The van der Waals surface area contributed by atoms with Gasteiger partial charge < -0.3 is 14.0 Å². The first-order valence-corrected chi connectivity index (χ1v) is 7.22. The Morgan fingerprint density at radius 3 is 2.81 bits per heavy atom. The highest BCUT2D eigenvalue weighted by Crippen LogP contribution is 2.23. The molecule has 0 saturated heterocycles. The lowest BCUT2D eigenvalue weighted by Gasteiger charge is -2.09. The van der Waals surface area contributed by atoms with Gasteiger partial charge in [-0.15, -0.1) is 0 Å². The molecule has 0 aliphatic heterocycles. The van der Waals surface area contributed by atoms with Crippen LogP contribution in [0.4, 0.5) is 0 Å². The van der Waals surface area contributed by atoms with Crippen molar-refractivity contribution in [3.05, 3.63) is 42.6 Å². The van der Waals surface area contributed by atoms with E-state index in [-0.39, 0.29) is 5.97 Å². The number of carbonyl (C=O) groups is 1. The SMILES string of the molecule is C=C(Cn1ccc2cc(OCCC)ccc21)C(=O)OCC. The Hall–Kier alpha value is -2.23. The number of ether oxygens (including phenoxy) is 2. The molecule has 1 heterocycles. The van der Waals surface area contributed by atoms with E-state index in [2.05, 4.69) is 13.5 Å². The van der Waals surface area contributed by atoms with E-state index < -0.39 is 0 Å². The van der Waals surface area contributed by atoms with Gasteiger partial charge in [-0.2, -0.15) is 0 Å². The Morgan fingerprint density at radius 2 is 2.10 bits per heavy atom. The van der Waals surface area contributed by atoms with Crippen molar-refractivity contribution < 1.29 is 14.3 Å². The minimum absolute atomic E-state index is 0.345. The fourth-order valence-electron chi connectivity index (χ4n) is 2.13. The van der Waals surface area contributed by atoms with Crippen molar-refractivity contribution in [2.45, 2.75) is 26.8 Å². The average molecular weight is 287 g/mol. The zero-order chi connectivity index (χ0) is 15.2. The zero-order valence-electron chi connectivity index (χ0n) is 12.6. The quantitative estimate of drug-likeness (QED) is 0.577. The van der Waals surface area contributed by atoms with Gasteiger partial charge in [0, 0.05) is 22.7 Å². The van der Waals surface area contributed by atoms with Crippen molar-refractivity contribution in [3.8, 4) is 5.75 Å². The van der Waals surface area contributed by atoms with Gasteiger partial charge in [0.1, 0.15) is 5.75 Å². The summed E-state index contributed by atoms with van der Waals surface area (Å²) in [7, 11) is 0. The molecule has 0 N–H and O–H groups in total. The standard InChI is InChI=1S/C17H21NO3/c1-4-10-21-15-6-7-16-14(11-15)8-9-18(16)12-13(3)17(19)20-5-2/h6-9,11H,3-5,10,12H2,1-2H3. The Kier molecular flexibility index (Phi) is 5.04. The number of carbonyl (C=O) groups excluding carboxylic acids is 1. The molecular weight excluding hydrogens is 266 g/mol. The molecule has 1 aromatic heterocycles. The second-order valence-corrected chi connectivity index (χ2v) is 4.84. The number of benzene rings is 1. The van der Waals surface area contributed by atoms with Crippen LogP contribution in [0.5, 0.6) is 5.75 Å². The van der Waals surface area contributed by atoms with Gasteiger partial charge in [-0.05, 0) is 37.6 Å². The zero-order valence-corrected chi connectivity index (χ0v) is 12.6.